The van der Waals surface area contributed by atoms with Crippen molar-refractivity contribution in [3.63, 3.8) is 0 Å². The maximum Gasteiger partial charge on any atom is 0.261 e. The van der Waals surface area contributed by atoms with Crippen LogP contribution in [0.3, 0.4) is 0 Å². The van der Waals surface area contributed by atoms with Gasteiger partial charge in [-0.3, -0.25) is 4.72 Å². The molecule has 3 nitrogen and oxygen atoms in total. The summed E-state index contributed by atoms with van der Waals surface area (Å²) in [5.74, 6) is 0. The van der Waals surface area contributed by atoms with Gasteiger partial charge in [0, 0.05) is 10.7 Å². The first-order valence-electron chi connectivity index (χ1n) is 6.99. The zero-order valence-electron chi connectivity index (χ0n) is 13.1. The molecule has 0 saturated heterocycles. The van der Waals surface area contributed by atoms with Gasteiger partial charge in [-0.1, -0.05) is 44.5 Å². The predicted molar refractivity (Wildman–Crippen MR) is 92.1 cm³/mol. The highest BCUT2D eigenvalue weighted by Gasteiger charge is 2.18. The topological polar surface area (TPSA) is 46.2 Å². The second-order valence-electron chi connectivity index (χ2n) is 6.34. The standard InChI is InChI=1S/C17H20ClNO2S/c1-12-10-14(8-9-16(12)17(2,3)4)19-22(20,21)15-7-5-6-13(18)11-15/h5-11,19H,1-4H3. The summed E-state index contributed by atoms with van der Waals surface area (Å²) < 4.78 is 27.3. The molecular formula is C17H20ClNO2S. The predicted octanol–water partition coefficient (Wildman–Crippen LogP) is 4.75. The van der Waals surface area contributed by atoms with Crippen LogP contribution in [0.25, 0.3) is 0 Å². The molecule has 0 aliphatic rings. The molecule has 5 heteroatoms. The quantitative estimate of drug-likeness (QED) is 0.878. The molecule has 0 amide bonds. The second-order valence-corrected chi connectivity index (χ2v) is 8.46. The van der Waals surface area contributed by atoms with Gasteiger partial charge in [-0.2, -0.15) is 0 Å². The number of sulfonamides is 1. The monoisotopic (exact) mass is 337 g/mol. The molecule has 0 heterocycles. The maximum absolute atomic E-state index is 12.4. The van der Waals surface area contributed by atoms with E-state index >= 15 is 0 Å². The van der Waals surface area contributed by atoms with Crippen molar-refractivity contribution in [1.29, 1.82) is 0 Å². The normalized spacial score (nSPS) is 12.2. The molecule has 0 spiro atoms. The first-order valence-corrected chi connectivity index (χ1v) is 8.85. The molecule has 0 saturated carbocycles. The van der Waals surface area contributed by atoms with Crippen LogP contribution in [0.15, 0.2) is 47.4 Å². The van der Waals surface area contributed by atoms with E-state index < -0.39 is 10.0 Å². The lowest BCUT2D eigenvalue weighted by Crippen LogP contribution is -2.15. The summed E-state index contributed by atoms with van der Waals surface area (Å²) in [4.78, 5) is 0.151. The Hall–Kier alpha value is -1.52. The van der Waals surface area contributed by atoms with Gasteiger partial charge in [0.2, 0.25) is 0 Å². The summed E-state index contributed by atoms with van der Waals surface area (Å²) in [5.41, 5.74) is 2.82. The zero-order valence-corrected chi connectivity index (χ0v) is 14.7. The number of hydrogen-bond donors (Lipinski definition) is 1. The lowest BCUT2D eigenvalue weighted by molar-refractivity contribution is 0.586. The van der Waals surface area contributed by atoms with Crippen LogP contribution in [0.1, 0.15) is 31.9 Å². The third kappa shape index (κ3) is 3.81. The first-order chi connectivity index (χ1) is 10.1. The van der Waals surface area contributed by atoms with Gasteiger partial charge >= 0.3 is 0 Å². The van der Waals surface area contributed by atoms with Crippen molar-refractivity contribution in [2.75, 3.05) is 4.72 Å². The average molecular weight is 338 g/mol. The minimum atomic E-state index is -3.64. The van der Waals surface area contributed by atoms with E-state index in [1.165, 1.54) is 17.7 Å². The van der Waals surface area contributed by atoms with Crippen LogP contribution in [0.5, 0.6) is 0 Å². The zero-order chi connectivity index (χ0) is 16.5. The van der Waals surface area contributed by atoms with Crippen molar-refractivity contribution < 1.29 is 8.42 Å². The molecule has 0 radical (unpaired) electrons. The van der Waals surface area contributed by atoms with Crippen LogP contribution >= 0.6 is 11.6 Å². The molecule has 0 atom stereocenters. The van der Waals surface area contributed by atoms with E-state index in [4.69, 9.17) is 11.6 Å². The fourth-order valence-corrected chi connectivity index (χ4v) is 3.77. The molecule has 2 aromatic carbocycles. The number of halogens is 1. The molecule has 0 aliphatic heterocycles. The summed E-state index contributed by atoms with van der Waals surface area (Å²) >= 11 is 5.86. The van der Waals surface area contributed by atoms with Crippen molar-refractivity contribution in [3.8, 4) is 0 Å². The Bertz CT molecular complexity index is 793. The van der Waals surface area contributed by atoms with Crippen LogP contribution in [0.2, 0.25) is 5.02 Å². The van der Waals surface area contributed by atoms with Crippen molar-refractivity contribution >= 4 is 27.3 Å². The number of nitrogens with one attached hydrogen (secondary N) is 1. The van der Waals surface area contributed by atoms with E-state index in [9.17, 15) is 8.42 Å². The highest BCUT2D eigenvalue weighted by Crippen LogP contribution is 2.28. The Morgan fingerprint density at radius 3 is 2.27 bits per heavy atom. The molecule has 118 valence electrons. The van der Waals surface area contributed by atoms with E-state index in [-0.39, 0.29) is 10.3 Å². The molecule has 0 aliphatic carbocycles. The van der Waals surface area contributed by atoms with Gasteiger partial charge in [0.05, 0.1) is 4.90 Å². The highest BCUT2D eigenvalue weighted by molar-refractivity contribution is 7.92. The van der Waals surface area contributed by atoms with Gasteiger partial charge in [-0.15, -0.1) is 0 Å². The van der Waals surface area contributed by atoms with Gasteiger partial charge in [0.15, 0.2) is 0 Å². The SMILES string of the molecule is Cc1cc(NS(=O)(=O)c2cccc(Cl)c2)ccc1C(C)(C)C. The van der Waals surface area contributed by atoms with Crippen LogP contribution in [-0.4, -0.2) is 8.42 Å². The maximum atomic E-state index is 12.4. The Morgan fingerprint density at radius 2 is 1.73 bits per heavy atom. The largest absolute Gasteiger partial charge is 0.280 e. The number of aryl methyl sites for hydroxylation is 1. The smallest absolute Gasteiger partial charge is 0.261 e. The summed E-state index contributed by atoms with van der Waals surface area (Å²) in [6.07, 6.45) is 0. The fourth-order valence-electron chi connectivity index (χ4n) is 2.42. The summed E-state index contributed by atoms with van der Waals surface area (Å²) in [6, 6.07) is 11.8. The van der Waals surface area contributed by atoms with E-state index in [1.54, 1.807) is 18.2 Å². The van der Waals surface area contributed by atoms with Crippen LogP contribution in [0, 0.1) is 6.92 Å². The van der Waals surface area contributed by atoms with Gasteiger partial charge in [0.25, 0.3) is 10.0 Å². The number of hydrogen-bond acceptors (Lipinski definition) is 2. The third-order valence-electron chi connectivity index (χ3n) is 3.39. The van der Waals surface area contributed by atoms with Crippen molar-refractivity contribution in [2.24, 2.45) is 0 Å². The fraction of sp³-hybridized carbons (Fsp3) is 0.294. The lowest BCUT2D eigenvalue weighted by atomic mass is 9.84. The molecule has 22 heavy (non-hydrogen) atoms. The average Bonchev–Trinajstić information content (AvgIpc) is 2.36. The van der Waals surface area contributed by atoms with Crippen LogP contribution in [-0.2, 0) is 15.4 Å². The minimum absolute atomic E-state index is 0.0223. The van der Waals surface area contributed by atoms with E-state index in [1.807, 2.05) is 19.1 Å². The Morgan fingerprint density at radius 1 is 1.05 bits per heavy atom. The number of benzene rings is 2. The van der Waals surface area contributed by atoms with Gasteiger partial charge < -0.3 is 0 Å². The summed E-state index contributed by atoms with van der Waals surface area (Å²) in [6.45, 7) is 8.37. The molecule has 0 aromatic heterocycles. The van der Waals surface area contributed by atoms with Crippen LogP contribution < -0.4 is 4.72 Å². The summed E-state index contributed by atoms with van der Waals surface area (Å²) in [7, 11) is -3.64. The van der Waals surface area contributed by atoms with E-state index in [0.29, 0.717) is 10.7 Å². The molecule has 2 rings (SSSR count). The van der Waals surface area contributed by atoms with Crippen LogP contribution in [0.4, 0.5) is 5.69 Å². The Labute approximate surface area is 137 Å². The van der Waals surface area contributed by atoms with Crippen molar-refractivity contribution in [1.82, 2.24) is 0 Å². The lowest BCUT2D eigenvalue weighted by Gasteiger charge is -2.22. The molecule has 0 bridgehead atoms. The third-order valence-corrected chi connectivity index (χ3v) is 5.01. The van der Waals surface area contributed by atoms with E-state index in [2.05, 4.69) is 25.5 Å². The number of rotatable bonds is 3. The van der Waals surface area contributed by atoms with Crippen molar-refractivity contribution in [3.05, 3.63) is 58.6 Å². The summed E-state index contributed by atoms with van der Waals surface area (Å²) in [5, 5.41) is 0.391. The number of anilines is 1. The van der Waals surface area contributed by atoms with Gasteiger partial charge in [-0.05, 0) is 53.8 Å². The molecule has 0 unspecified atom stereocenters. The molecule has 0 fully saturated rings. The molecule has 2 aromatic rings. The molecule has 1 N–H and O–H groups in total. The minimum Gasteiger partial charge on any atom is -0.280 e. The molecular weight excluding hydrogens is 318 g/mol. The van der Waals surface area contributed by atoms with Gasteiger partial charge in [-0.25, -0.2) is 8.42 Å². The second kappa shape index (κ2) is 5.94. The Balaban J connectivity index is 2.33. The van der Waals surface area contributed by atoms with Crippen molar-refractivity contribution in [2.45, 2.75) is 38.0 Å². The Kier molecular flexibility index (Phi) is 4.54. The van der Waals surface area contributed by atoms with E-state index in [0.717, 1.165) is 5.56 Å². The first kappa shape index (κ1) is 16.8. The van der Waals surface area contributed by atoms with Gasteiger partial charge in [0.1, 0.15) is 0 Å². The highest BCUT2D eigenvalue weighted by atomic mass is 35.5.